The number of carbonyl (C=O) groups is 2. The molecule has 0 saturated heterocycles. The molecule has 25 heavy (non-hydrogen) atoms. The Morgan fingerprint density at radius 3 is 2.84 bits per heavy atom. The van der Waals surface area contributed by atoms with Crippen molar-refractivity contribution in [2.75, 3.05) is 6.61 Å². The highest BCUT2D eigenvalue weighted by molar-refractivity contribution is 6.12. The number of Topliss-reactive ketones (excluding diaryl/α,β-unsaturated/α-hetero) is 1. The smallest absolute Gasteiger partial charge is 0.308 e. The predicted molar refractivity (Wildman–Crippen MR) is 90.7 cm³/mol. The van der Waals surface area contributed by atoms with Crippen molar-refractivity contribution >= 4 is 17.8 Å². The van der Waals surface area contributed by atoms with Crippen molar-refractivity contribution in [1.29, 1.82) is 0 Å². The lowest BCUT2D eigenvalue weighted by molar-refractivity contribution is -0.131. The van der Waals surface area contributed by atoms with Crippen LogP contribution >= 0.6 is 0 Å². The van der Waals surface area contributed by atoms with Crippen molar-refractivity contribution in [1.82, 2.24) is 0 Å². The van der Waals surface area contributed by atoms with E-state index in [2.05, 4.69) is 0 Å². The highest BCUT2D eigenvalue weighted by atomic mass is 16.5. The van der Waals surface area contributed by atoms with Crippen LogP contribution in [0.4, 0.5) is 0 Å². The molecule has 2 aromatic rings. The Kier molecular flexibility index (Phi) is 3.61. The molecule has 0 unspecified atom stereocenters. The third-order valence-corrected chi connectivity index (χ3v) is 3.87. The molecule has 0 aromatic heterocycles. The van der Waals surface area contributed by atoms with Crippen LogP contribution in [-0.2, 0) is 4.79 Å². The Balaban J connectivity index is 1.62. The van der Waals surface area contributed by atoms with Gasteiger partial charge >= 0.3 is 5.97 Å². The van der Waals surface area contributed by atoms with Crippen molar-refractivity contribution in [3.8, 4) is 17.2 Å². The van der Waals surface area contributed by atoms with Gasteiger partial charge in [-0.2, -0.15) is 0 Å². The van der Waals surface area contributed by atoms with E-state index in [0.29, 0.717) is 23.7 Å². The fraction of sp³-hybridized carbons (Fsp3) is 0.100. The van der Waals surface area contributed by atoms with E-state index in [1.165, 1.54) is 13.0 Å². The Labute approximate surface area is 144 Å². The number of hydrogen-bond donors (Lipinski definition) is 0. The van der Waals surface area contributed by atoms with Crippen LogP contribution in [0.1, 0.15) is 22.8 Å². The first kappa shape index (κ1) is 15.2. The molecule has 0 saturated carbocycles. The van der Waals surface area contributed by atoms with E-state index in [9.17, 15) is 9.59 Å². The van der Waals surface area contributed by atoms with Crippen LogP contribution < -0.4 is 14.2 Å². The van der Waals surface area contributed by atoms with Gasteiger partial charge in [0.05, 0.1) is 5.56 Å². The number of hydrogen-bond acceptors (Lipinski definition) is 5. The van der Waals surface area contributed by atoms with E-state index in [1.54, 1.807) is 18.2 Å². The number of esters is 1. The molecule has 124 valence electrons. The molecular formula is C20H14O5. The third-order valence-electron chi connectivity index (χ3n) is 3.87. The minimum absolute atomic E-state index is 0.205. The van der Waals surface area contributed by atoms with E-state index in [-0.39, 0.29) is 11.5 Å². The summed E-state index contributed by atoms with van der Waals surface area (Å²) in [4.78, 5) is 23.5. The molecule has 0 bridgehead atoms. The van der Waals surface area contributed by atoms with Gasteiger partial charge in [-0.05, 0) is 35.9 Å². The van der Waals surface area contributed by atoms with Crippen LogP contribution in [0.3, 0.4) is 0 Å². The summed E-state index contributed by atoms with van der Waals surface area (Å²) in [5.74, 6) is 1.14. The van der Waals surface area contributed by atoms with Gasteiger partial charge in [-0.1, -0.05) is 18.2 Å². The first-order chi connectivity index (χ1) is 12.1. The number of carbonyl (C=O) groups excluding carboxylic acids is 2. The molecule has 0 aliphatic carbocycles. The first-order valence-corrected chi connectivity index (χ1v) is 7.79. The van der Waals surface area contributed by atoms with Crippen molar-refractivity contribution in [2.24, 2.45) is 0 Å². The number of rotatable bonds is 2. The average molecular weight is 334 g/mol. The Hall–Kier alpha value is -3.34. The number of ether oxygens (including phenoxy) is 3. The van der Waals surface area contributed by atoms with Crippen LogP contribution in [0.5, 0.6) is 17.2 Å². The largest absolute Gasteiger partial charge is 0.488 e. The zero-order valence-corrected chi connectivity index (χ0v) is 13.4. The third kappa shape index (κ3) is 2.92. The molecule has 4 rings (SSSR count). The summed E-state index contributed by atoms with van der Waals surface area (Å²) < 4.78 is 16.4. The van der Waals surface area contributed by atoms with Gasteiger partial charge in [-0.25, -0.2) is 0 Å². The molecule has 5 heteroatoms. The summed E-state index contributed by atoms with van der Waals surface area (Å²) >= 11 is 0. The maximum absolute atomic E-state index is 12.5. The maximum atomic E-state index is 12.5. The molecule has 0 radical (unpaired) electrons. The van der Waals surface area contributed by atoms with Gasteiger partial charge in [0, 0.05) is 18.6 Å². The monoisotopic (exact) mass is 334 g/mol. The number of fused-ring (bicyclic) bond motifs is 2. The van der Waals surface area contributed by atoms with Crippen molar-refractivity contribution in [3.63, 3.8) is 0 Å². The number of benzene rings is 2. The second-order valence-corrected chi connectivity index (χ2v) is 5.74. The Bertz CT molecular complexity index is 952. The molecular weight excluding hydrogens is 320 g/mol. The molecule has 0 atom stereocenters. The quantitative estimate of drug-likeness (QED) is 0.477. The number of allylic oxidation sites excluding steroid dienone is 1. The summed E-state index contributed by atoms with van der Waals surface area (Å²) in [6.07, 6.45) is 3.65. The summed E-state index contributed by atoms with van der Waals surface area (Å²) in [6, 6.07) is 12.4. The van der Waals surface area contributed by atoms with E-state index in [0.717, 1.165) is 16.9 Å². The second kappa shape index (κ2) is 5.94. The van der Waals surface area contributed by atoms with Crippen molar-refractivity contribution < 1.29 is 23.8 Å². The van der Waals surface area contributed by atoms with E-state index < -0.39 is 5.97 Å². The van der Waals surface area contributed by atoms with Gasteiger partial charge in [-0.3, -0.25) is 9.59 Å². The summed E-state index contributed by atoms with van der Waals surface area (Å²) in [5, 5.41) is 0. The standard InChI is InChI=1S/C20H14O5/c1-12(21)24-15-6-7-16-18(10-15)25-19(20(16)22)9-13-8-14-4-2-3-5-17(14)23-11-13/h2-10H,11H2,1H3/b19-9-. The van der Waals surface area contributed by atoms with Crippen molar-refractivity contribution in [3.05, 3.63) is 71.0 Å². The minimum Gasteiger partial charge on any atom is -0.488 e. The van der Waals surface area contributed by atoms with E-state index in [4.69, 9.17) is 14.2 Å². The molecule has 0 amide bonds. The highest BCUT2D eigenvalue weighted by Gasteiger charge is 2.28. The SMILES string of the molecule is CC(=O)Oc1ccc2c(c1)O/C(=C\C1=Cc3ccccc3OC1)C2=O. The zero-order valence-electron chi connectivity index (χ0n) is 13.4. The lowest BCUT2D eigenvalue weighted by atomic mass is 10.1. The van der Waals surface area contributed by atoms with Gasteiger partial charge in [0.2, 0.25) is 5.78 Å². The van der Waals surface area contributed by atoms with Crippen LogP contribution in [0.15, 0.2) is 59.9 Å². The molecule has 2 aliphatic heterocycles. The Morgan fingerprint density at radius 2 is 2.00 bits per heavy atom. The van der Waals surface area contributed by atoms with Gasteiger partial charge < -0.3 is 14.2 Å². The molecule has 2 aliphatic rings. The van der Waals surface area contributed by atoms with Gasteiger partial charge in [0.1, 0.15) is 23.9 Å². The summed E-state index contributed by atoms with van der Waals surface area (Å²) in [5.41, 5.74) is 2.25. The van der Waals surface area contributed by atoms with Crippen molar-refractivity contribution in [2.45, 2.75) is 6.92 Å². The highest BCUT2D eigenvalue weighted by Crippen LogP contribution is 2.35. The summed E-state index contributed by atoms with van der Waals surface area (Å²) in [6.45, 7) is 1.68. The molecule has 5 nitrogen and oxygen atoms in total. The topological polar surface area (TPSA) is 61.8 Å². The summed E-state index contributed by atoms with van der Waals surface area (Å²) in [7, 11) is 0. The van der Waals surface area contributed by atoms with Crippen LogP contribution in [0.2, 0.25) is 0 Å². The molecule has 0 fully saturated rings. The van der Waals surface area contributed by atoms with E-state index in [1.807, 2.05) is 30.3 Å². The average Bonchev–Trinajstić information content (AvgIpc) is 2.89. The van der Waals surface area contributed by atoms with E-state index >= 15 is 0 Å². The number of para-hydroxylation sites is 1. The lowest BCUT2D eigenvalue weighted by Gasteiger charge is -2.15. The van der Waals surface area contributed by atoms with Crippen LogP contribution in [-0.4, -0.2) is 18.4 Å². The fourth-order valence-electron chi connectivity index (χ4n) is 2.78. The molecule has 2 heterocycles. The Morgan fingerprint density at radius 1 is 1.16 bits per heavy atom. The lowest BCUT2D eigenvalue weighted by Crippen LogP contribution is -2.08. The van der Waals surface area contributed by atoms with Gasteiger partial charge in [0.15, 0.2) is 5.76 Å². The fourth-order valence-corrected chi connectivity index (χ4v) is 2.78. The van der Waals surface area contributed by atoms with Crippen LogP contribution in [0, 0.1) is 0 Å². The molecule has 0 N–H and O–H groups in total. The minimum atomic E-state index is -0.428. The van der Waals surface area contributed by atoms with Gasteiger partial charge in [-0.15, -0.1) is 0 Å². The predicted octanol–water partition coefficient (Wildman–Crippen LogP) is 3.55. The normalized spacial score (nSPS) is 16.4. The van der Waals surface area contributed by atoms with Gasteiger partial charge in [0.25, 0.3) is 0 Å². The number of ketones is 1. The second-order valence-electron chi connectivity index (χ2n) is 5.74. The maximum Gasteiger partial charge on any atom is 0.308 e. The molecule has 2 aromatic carbocycles. The first-order valence-electron chi connectivity index (χ1n) is 7.79. The molecule has 0 spiro atoms. The van der Waals surface area contributed by atoms with Crippen LogP contribution in [0.25, 0.3) is 6.08 Å². The zero-order chi connectivity index (χ0) is 17.4.